The van der Waals surface area contributed by atoms with E-state index in [0.29, 0.717) is 27.3 Å². The summed E-state index contributed by atoms with van der Waals surface area (Å²) < 4.78 is 24.0. The maximum absolute atomic E-state index is 12.2. The zero-order valence-corrected chi connectivity index (χ0v) is 16.9. The molecule has 2 atom stereocenters. The van der Waals surface area contributed by atoms with Crippen LogP contribution in [0.4, 0.5) is 5.69 Å². The Bertz CT molecular complexity index is 840. The highest BCUT2D eigenvalue weighted by Crippen LogP contribution is 2.42. The first-order chi connectivity index (χ1) is 11.7. The largest absolute Gasteiger partial charge is 0.316 e. The Morgan fingerprint density at radius 2 is 2.04 bits per heavy atom. The molecule has 9 heteroatoms. The molecule has 1 aromatic rings. The molecule has 0 aromatic heterocycles. The van der Waals surface area contributed by atoms with Crippen LogP contribution < -0.4 is 4.90 Å². The van der Waals surface area contributed by atoms with Gasteiger partial charge in [-0.25, -0.2) is 8.42 Å². The molecule has 25 heavy (non-hydrogen) atoms. The number of rotatable bonds is 3. The molecule has 0 unspecified atom stereocenters. The normalized spacial score (nSPS) is 26.4. The van der Waals surface area contributed by atoms with E-state index in [9.17, 15) is 13.2 Å². The monoisotopic (exact) mass is 420 g/mol. The van der Waals surface area contributed by atoms with Gasteiger partial charge in [0.25, 0.3) is 0 Å². The van der Waals surface area contributed by atoms with E-state index in [4.69, 9.17) is 23.2 Å². The maximum atomic E-state index is 12.2. The molecule has 2 fully saturated rings. The lowest BCUT2D eigenvalue weighted by molar-refractivity contribution is -0.118. The fraction of sp³-hybridized carbons (Fsp3) is 0.500. The van der Waals surface area contributed by atoms with E-state index >= 15 is 0 Å². The molecule has 1 amide bonds. The topological polar surface area (TPSA) is 66.8 Å². The molecule has 0 N–H and O–H groups in total. The number of sulfone groups is 1. The number of carbonyl (C=O) groups is 1. The Labute approximate surface area is 161 Å². The van der Waals surface area contributed by atoms with Crippen LogP contribution >= 0.6 is 35.0 Å². The highest BCUT2D eigenvalue weighted by molar-refractivity contribution is 8.16. The summed E-state index contributed by atoms with van der Waals surface area (Å²) in [6.45, 7) is 3.91. The molecule has 5 nitrogen and oxygen atoms in total. The molecular weight excluding hydrogens is 403 g/mol. The van der Waals surface area contributed by atoms with Crippen LogP contribution in [0.3, 0.4) is 0 Å². The van der Waals surface area contributed by atoms with Crippen LogP contribution in [0.1, 0.15) is 20.3 Å². The van der Waals surface area contributed by atoms with Gasteiger partial charge in [0.15, 0.2) is 15.0 Å². The number of nitrogens with zero attached hydrogens (tertiary/aromatic N) is 2. The van der Waals surface area contributed by atoms with Gasteiger partial charge < -0.3 is 4.90 Å². The zero-order valence-electron chi connectivity index (χ0n) is 13.8. The van der Waals surface area contributed by atoms with Crippen molar-refractivity contribution in [3.05, 3.63) is 28.2 Å². The third kappa shape index (κ3) is 4.15. The van der Waals surface area contributed by atoms with Gasteiger partial charge in [-0.2, -0.15) is 4.99 Å². The van der Waals surface area contributed by atoms with Crippen LogP contribution in [-0.4, -0.2) is 42.3 Å². The number of carbonyl (C=O) groups excluding carboxylic acids is 1. The predicted octanol–water partition coefficient (Wildman–Crippen LogP) is 3.64. The smallest absolute Gasteiger partial charge is 0.248 e. The van der Waals surface area contributed by atoms with E-state index in [0.717, 1.165) is 0 Å². The number of aliphatic imine (C=N–C) groups is 1. The van der Waals surface area contributed by atoms with Gasteiger partial charge in [0.05, 0.1) is 27.6 Å². The van der Waals surface area contributed by atoms with Crippen LogP contribution in [0.15, 0.2) is 23.2 Å². The quantitative estimate of drug-likeness (QED) is 0.746. The Kier molecular flexibility index (Phi) is 5.40. The van der Waals surface area contributed by atoms with E-state index < -0.39 is 9.84 Å². The summed E-state index contributed by atoms with van der Waals surface area (Å²) in [6.07, 6.45) is 0.354. The zero-order chi connectivity index (χ0) is 18.4. The van der Waals surface area contributed by atoms with Crippen molar-refractivity contribution < 1.29 is 13.2 Å². The molecule has 2 aliphatic heterocycles. The Balaban J connectivity index is 1.99. The molecule has 136 valence electrons. The lowest BCUT2D eigenvalue weighted by atomic mass is 10.1. The van der Waals surface area contributed by atoms with Gasteiger partial charge in [-0.1, -0.05) is 48.8 Å². The van der Waals surface area contributed by atoms with Crippen molar-refractivity contribution in [2.45, 2.75) is 31.6 Å². The van der Waals surface area contributed by atoms with E-state index in [1.165, 1.54) is 11.8 Å². The number of hydrogen-bond acceptors (Lipinski definition) is 4. The first kappa shape index (κ1) is 19.0. The summed E-state index contributed by atoms with van der Waals surface area (Å²) in [7, 11) is -3.10. The van der Waals surface area contributed by atoms with E-state index in [-0.39, 0.29) is 34.6 Å². The molecule has 0 radical (unpaired) electrons. The Morgan fingerprint density at radius 1 is 1.32 bits per heavy atom. The molecule has 0 bridgehead atoms. The second-order valence-corrected chi connectivity index (χ2v) is 10.8. The molecule has 0 aliphatic carbocycles. The number of halogens is 2. The Hall–Kier alpha value is -0.760. The van der Waals surface area contributed by atoms with Crippen LogP contribution in [0.25, 0.3) is 0 Å². The molecular formula is C16H18Cl2N2O3S2. The average molecular weight is 421 g/mol. The average Bonchev–Trinajstić information content (AvgIpc) is 2.92. The summed E-state index contributed by atoms with van der Waals surface area (Å²) >= 11 is 13.5. The first-order valence-electron chi connectivity index (χ1n) is 7.89. The lowest BCUT2D eigenvalue weighted by Gasteiger charge is -2.24. The fourth-order valence-electron chi connectivity index (χ4n) is 3.00. The van der Waals surface area contributed by atoms with Crippen molar-refractivity contribution in [2.24, 2.45) is 10.9 Å². The molecule has 2 heterocycles. The van der Waals surface area contributed by atoms with E-state index in [2.05, 4.69) is 4.99 Å². The summed E-state index contributed by atoms with van der Waals surface area (Å²) in [4.78, 5) is 18.2. The van der Waals surface area contributed by atoms with Crippen LogP contribution in [0.2, 0.25) is 10.0 Å². The van der Waals surface area contributed by atoms with Crippen molar-refractivity contribution in [3.63, 3.8) is 0 Å². The van der Waals surface area contributed by atoms with Gasteiger partial charge in [0.1, 0.15) is 0 Å². The van der Waals surface area contributed by atoms with Gasteiger partial charge in [-0.15, -0.1) is 0 Å². The number of thioether (sulfide) groups is 1. The van der Waals surface area contributed by atoms with Gasteiger partial charge in [0, 0.05) is 17.4 Å². The maximum Gasteiger partial charge on any atom is 0.248 e. The third-order valence-electron chi connectivity index (χ3n) is 4.05. The lowest BCUT2D eigenvalue weighted by Crippen LogP contribution is -2.37. The van der Waals surface area contributed by atoms with Gasteiger partial charge in [-0.05, 0) is 24.1 Å². The van der Waals surface area contributed by atoms with Crippen molar-refractivity contribution in [2.75, 3.05) is 16.4 Å². The van der Waals surface area contributed by atoms with Crippen molar-refractivity contribution in [1.82, 2.24) is 0 Å². The molecule has 0 saturated carbocycles. The number of amidine groups is 1. The van der Waals surface area contributed by atoms with Crippen LogP contribution in [0, 0.1) is 5.92 Å². The van der Waals surface area contributed by atoms with Crippen molar-refractivity contribution in [3.8, 4) is 0 Å². The van der Waals surface area contributed by atoms with Crippen LogP contribution in [-0.2, 0) is 14.6 Å². The predicted molar refractivity (Wildman–Crippen MR) is 105 cm³/mol. The van der Waals surface area contributed by atoms with E-state index in [1.54, 1.807) is 18.2 Å². The SMILES string of the molecule is CC(C)CC(=O)N=C1S[C@H]2CS(=O)(=O)C[C@@H]2N1c1ccc(Cl)c(Cl)c1. The molecule has 3 rings (SSSR count). The highest BCUT2D eigenvalue weighted by atomic mass is 35.5. The molecule has 2 saturated heterocycles. The summed E-state index contributed by atoms with van der Waals surface area (Å²) in [5.74, 6) is 0.145. The second kappa shape index (κ2) is 7.10. The second-order valence-electron chi connectivity index (χ2n) is 6.66. The fourth-order valence-corrected chi connectivity index (χ4v) is 7.23. The highest BCUT2D eigenvalue weighted by Gasteiger charge is 2.49. The van der Waals surface area contributed by atoms with Crippen molar-refractivity contribution >= 4 is 61.6 Å². The van der Waals surface area contributed by atoms with Gasteiger partial charge >= 0.3 is 0 Å². The molecule has 2 aliphatic rings. The van der Waals surface area contributed by atoms with E-state index in [1.807, 2.05) is 18.7 Å². The number of amides is 1. The Morgan fingerprint density at radius 3 is 2.68 bits per heavy atom. The number of anilines is 1. The summed E-state index contributed by atoms with van der Waals surface area (Å²) in [5.41, 5.74) is 0.697. The number of benzene rings is 1. The molecule has 0 spiro atoms. The first-order valence-corrected chi connectivity index (χ1v) is 11.3. The minimum Gasteiger partial charge on any atom is -0.316 e. The number of fused-ring (bicyclic) bond motifs is 1. The third-order valence-corrected chi connectivity index (χ3v) is 8.00. The van der Waals surface area contributed by atoms with Gasteiger partial charge in [-0.3, -0.25) is 4.79 Å². The number of hydrogen-bond donors (Lipinski definition) is 0. The molecule has 1 aromatic carbocycles. The minimum atomic E-state index is -3.10. The summed E-state index contributed by atoms with van der Waals surface area (Å²) in [5, 5.41) is 1.20. The van der Waals surface area contributed by atoms with Crippen molar-refractivity contribution in [1.29, 1.82) is 0 Å². The van der Waals surface area contributed by atoms with Gasteiger partial charge in [0.2, 0.25) is 5.91 Å². The van der Waals surface area contributed by atoms with Crippen LogP contribution in [0.5, 0.6) is 0 Å². The summed E-state index contributed by atoms with van der Waals surface area (Å²) in [6, 6.07) is 4.86. The standard InChI is InChI=1S/C16H18Cl2N2O3S2/c1-9(2)5-15(21)19-16-20(10-3-4-11(17)12(18)6-10)13-7-25(22,23)8-14(13)24-16/h3-4,6,9,13-14H,5,7-8H2,1-2H3/t13-,14-/m0/s1. The minimum absolute atomic E-state index is 0.0440.